The topological polar surface area (TPSA) is 52.5 Å². The van der Waals surface area contributed by atoms with Crippen LogP contribution in [0.3, 0.4) is 0 Å². The fourth-order valence-electron chi connectivity index (χ4n) is 3.17. The largest absolute Gasteiger partial charge is 0.508 e. The zero-order valence-electron chi connectivity index (χ0n) is 14.7. The van der Waals surface area contributed by atoms with Gasteiger partial charge in [0, 0.05) is 12.1 Å². The first-order valence-electron chi connectivity index (χ1n) is 8.63. The van der Waals surface area contributed by atoms with E-state index in [1.165, 1.54) is 16.3 Å². The van der Waals surface area contributed by atoms with Crippen molar-refractivity contribution in [1.29, 1.82) is 0 Å². The first-order valence-corrected chi connectivity index (χ1v) is 8.63. The summed E-state index contributed by atoms with van der Waals surface area (Å²) >= 11 is 0. The summed E-state index contributed by atoms with van der Waals surface area (Å²) in [6.45, 7) is 4.76. The van der Waals surface area contributed by atoms with Crippen molar-refractivity contribution in [1.82, 2.24) is 5.32 Å². The summed E-state index contributed by atoms with van der Waals surface area (Å²) in [5.74, 6) is 0.209. The van der Waals surface area contributed by atoms with Crippen LogP contribution in [0.1, 0.15) is 31.1 Å². The van der Waals surface area contributed by atoms with E-state index in [2.05, 4.69) is 61.6 Å². The van der Waals surface area contributed by atoms with Crippen LogP contribution < -0.4 is 5.32 Å². The summed E-state index contributed by atoms with van der Waals surface area (Å²) in [5.41, 5.74) is 1.95. The molecule has 0 aromatic heterocycles. The number of phenols is 1. The third kappa shape index (κ3) is 4.38. The highest BCUT2D eigenvalue weighted by Crippen LogP contribution is 2.23. The third-order valence-corrected chi connectivity index (χ3v) is 4.56. The van der Waals surface area contributed by atoms with Gasteiger partial charge in [-0.05, 0) is 54.3 Å². The zero-order chi connectivity index (χ0) is 17.9. The van der Waals surface area contributed by atoms with Crippen LogP contribution >= 0.6 is 0 Å². The molecule has 0 amide bonds. The quantitative estimate of drug-likeness (QED) is 0.633. The number of fused-ring (bicyclic) bond motifs is 1. The molecule has 0 aliphatic carbocycles. The molecule has 0 aliphatic rings. The fraction of sp³-hybridized carbons (Fsp3) is 0.273. The van der Waals surface area contributed by atoms with E-state index in [-0.39, 0.29) is 11.3 Å². The third-order valence-electron chi connectivity index (χ3n) is 4.56. The van der Waals surface area contributed by atoms with Crippen LogP contribution in [-0.4, -0.2) is 22.3 Å². The van der Waals surface area contributed by atoms with E-state index in [1.54, 1.807) is 24.3 Å². The number of aromatic hydroxyl groups is 1. The molecule has 3 nitrogen and oxygen atoms in total. The summed E-state index contributed by atoms with van der Waals surface area (Å²) in [4.78, 5) is 0. The minimum absolute atomic E-state index is 0.151. The van der Waals surface area contributed by atoms with E-state index >= 15 is 0 Å². The Morgan fingerprint density at radius 1 is 0.920 bits per heavy atom. The SMILES string of the molecule is CC(C)(Cc1cccc2ccccc12)NCC(O)c1ccc(O)cc1. The summed E-state index contributed by atoms with van der Waals surface area (Å²) in [6, 6.07) is 21.5. The van der Waals surface area contributed by atoms with Crippen molar-refractivity contribution in [3.05, 3.63) is 77.9 Å². The van der Waals surface area contributed by atoms with E-state index < -0.39 is 6.10 Å². The Balaban J connectivity index is 1.68. The van der Waals surface area contributed by atoms with Gasteiger partial charge in [-0.25, -0.2) is 0 Å². The second kappa shape index (κ2) is 7.26. The fourth-order valence-corrected chi connectivity index (χ4v) is 3.17. The Bertz CT molecular complexity index is 835. The number of benzene rings is 3. The van der Waals surface area contributed by atoms with Gasteiger partial charge in [-0.1, -0.05) is 54.6 Å². The van der Waals surface area contributed by atoms with Gasteiger partial charge in [0.05, 0.1) is 6.10 Å². The molecule has 0 spiro atoms. The van der Waals surface area contributed by atoms with E-state index in [9.17, 15) is 10.2 Å². The van der Waals surface area contributed by atoms with Gasteiger partial charge in [-0.3, -0.25) is 0 Å². The molecule has 0 saturated heterocycles. The van der Waals surface area contributed by atoms with Crippen LogP contribution in [0.4, 0.5) is 0 Å². The highest BCUT2D eigenvalue weighted by Gasteiger charge is 2.20. The Morgan fingerprint density at radius 3 is 2.36 bits per heavy atom. The van der Waals surface area contributed by atoms with Gasteiger partial charge in [0.1, 0.15) is 5.75 Å². The maximum Gasteiger partial charge on any atom is 0.115 e. The van der Waals surface area contributed by atoms with Gasteiger partial charge in [-0.2, -0.15) is 0 Å². The smallest absolute Gasteiger partial charge is 0.115 e. The Kier molecular flexibility index (Phi) is 5.07. The summed E-state index contributed by atoms with van der Waals surface area (Å²) in [5, 5.41) is 25.7. The second-order valence-corrected chi connectivity index (χ2v) is 7.19. The van der Waals surface area contributed by atoms with E-state index in [0.717, 1.165) is 12.0 Å². The normalized spacial score (nSPS) is 13.1. The van der Waals surface area contributed by atoms with E-state index in [0.29, 0.717) is 6.54 Å². The van der Waals surface area contributed by atoms with Crippen molar-refractivity contribution < 1.29 is 10.2 Å². The Morgan fingerprint density at radius 2 is 1.60 bits per heavy atom. The Labute approximate surface area is 148 Å². The van der Waals surface area contributed by atoms with E-state index in [4.69, 9.17) is 0 Å². The van der Waals surface area contributed by atoms with Crippen LogP contribution in [0.2, 0.25) is 0 Å². The first-order chi connectivity index (χ1) is 11.9. The first kappa shape index (κ1) is 17.5. The number of hydrogen-bond acceptors (Lipinski definition) is 3. The maximum atomic E-state index is 10.4. The Hall–Kier alpha value is -2.36. The standard InChI is InChI=1S/C22H25NO2/c1-22(2,23-15-21(25)17-10-12-19(24)13-11-17)14-18-8-5-7-16-6-3-4-9-20(16)18/h3-13,21,23-25H,14-15H2,1-2H3. The minimum atomic E-state index is -0.604. The molecule has 0 heterocycles. The maximum absolute atomic E-state index is 10.4. The average Bonchev–Trinajstić information content (AvgIpc) is 2.60. The molecule has 1 unspecified atom stereocenters. The number of nitrogens with one attached hydrogen (secondary N) is 1. The minimum Gasteiger partial charge on any atom is -0.508 e. The van der Waals surface area contributed by atoms with Gasteiger partial charge in [-0.15, -0.1) is 0 Å². The van der Waals surface area contributed by atoms with Crippen LogP contribution in [-0.2, 0) is 6.42 Å². The van der Waals surface area contributed by atoms with Crippen molar-refractivity contribution >= 4 is 10.8 Å². The van der Waals surface area contributed by atoms with Crippen LogP contribution in [0.5, 0.6) is 5.75 Å². The molecule has 3 aromatic rings. The molecule has 3 N–H and O–H groups in total. The molecule has 3 aromatic carbocycles. The van der Waals surface area contributed by atoms with Crippen LogP contribution in [0.15, 0.2) is 66.7 Å². The molecule has 0 aliphatic heterocycles. The predicted molar refractivity (Wildman–Crippen MR) is 103 cm³/mol. The van der Waals surface area contributed by atoms with Gasteiger partial charge < -0.3 is 15.5 Å². The molecule has 130 valence electrons. The lowest BCUT2D eigenvalue weighted by Crippen LogP contribution is -2.43. The molecule has 3 rings (SSSR count). The van der Waals surface area contributed by atoms with Gasteiger partial charge in [0.15, 0.2) is 0 Å². The number of rotatable bonds is 6. The zero-order valence-corrected chi connectivity index (χ0v) is 14.7. The van der Waals surface area contributed by atoms with Gasteiger partial charge >= 0.3 is 0 Å². The molecule has 25 heavy (non-hydrogen) atoms. The number of aliphatic hydroxyl groups excluding tert-OH is 1. The summed E-state index contributed by atoms with van der Waals surface area (Å²) in [7, 11) is 0. The number of phenolic OH excluding ortho intramolecular Hbond substituents is 1. The molecule has 0 fully saturated rings. The average molecular weight is 335 g/mol. The molecule has 1 atom stereocenters. The van der Waals surface area contributed by atoms with E-state index in [1.807, 2.05) is 0 Å². The number of aliphatic hydroxyl groups is 1. The summed E-state index contributed by atoms with van der Waals surface area (Å²) < 4.78 is 0. The molecule has 0 saturated carbocycles. The van der Waals surface area contributed by atoms with Gasteiger partial charge in [0.25, 0.3) is 0 Å². The van der Waals surface area contributed by atoms with Crippen molar-refractivity contribution in [2.75, 3.05) is 6.54 Å². The predicted octanol–water partition coefficient (Wildman–Crippen LogP) is 4.19. The number of hydrogen-bond donors (Lipinski definition) is 3. The molecule has 0 bridgehead atoms. The lowest BCUT2D eigenvalue weighted by Gasteiger charge is -2.28. The van der Waals surface area contributed by atoms with Gasteiger partial charge in [0.2, 0.25) is 0 Å². The summed E-state index contributed by atoms with van der Waals surface area (Å²) in [6.07, 6.45) is 0.267. The van der Waals surface area contributed by atoms with Crippen LogP contribution in [0.25, 0.3) is 10.8 Å². The second-order valence-electron chi connectivity index (χ2n) is 7.19. The van der Waals surface area contributed by atoms with Crippen LogP contribution in [0, 0.1) is 0 Å². The van der Waals surface area contributed by atoms with Crippen molar-refractivity contribution in [2.45, 2.75) is 31.9 Å². The molecular weight excluding hydrogens is 310 g/mol. The van der Waals surface area contributed by atoms with Crippen molar-refractivity contribution in [3.8, 4) is 5.75 Å². The number of β-amino-alcohol motifs (C(OH)–C–C–N with tert-alkyl or cyclic N) is 1. The lowest BCUT2D eigenvalue weighted by molar-refractivity contribution is 0.160. The highest BCUT2D eigenvalue weighted by molar-refractivity contribution is 5.85. The van der Waals surface area contributed by atoms with Crippen molar-refractivity contribution in [2.24, 2.45) is 0 Å². The monoisotopic (exact) mass is 335 g/mol. The molecular formula is C22H25NO2. The lowest BCUT2D eigenvalue weighted by atomic mass is 9.91. The van der Waals surface area contributed by atoms with Crippen molar-refractivity contribution in [3.63, 3.8) is 0 Å². The highest BCUT2D eigenvalue weighted by atomic mass is 16.3. The molecule has 0 radical (unpaired) electrons. The molecule has 3 heteroatoms.